The number of hydrogen-bond donors (Lipinski definition) is 0. The summed E-state index contributed by atoms with van der Waals surface area (Å²) in [4.78, 5) is 17.7. The van der Waals surface area contributed by atoms with Crippen LogP contribution in [0.1, 0.15) is 24.5 Å². The largest absolute Gasteiger partial charge is 0.475 e. The zero-order valence-electron chi connectivity index (χ0n) is 13.7. The molecule has 0 saturated heterocycles. The van der Waals surface area contributed by atoms with Gasteiger partial charge in [0.2, 0.25) is 5.88 Å². The van der Waals surface area contributed by atoms with Crippen LogP contribution in [0.5, 0.6) is 5.88 Å². The van der Waals surface area contributed by atoms with Crippen LogP contribution in [0.3, 0.4) is 0 Å². The van der Waals surface area contributed by atoms with Crippen molar-refractivity contribution in [2.75, 3.05) is 36.0 Å². The number of nitrogens with zero attached hydrogens (tertiary/aromatic N) is 5. The smallest absolute Gasteiger partial charge is 0.230 e. The molecule has 0 atom stereocenters. The van der Waals surface area contributed by atoms with Gasteiger partial charge >= 0.3 is 0 Å². The summed E-state index contributed by atoms with van der Waals surface area (Å²) in [5, 5.41) is 0. The van der Waals surface area contributed by atoms with Gasteiger partial charge in [-0.2, -0.15) is 0 Å². The first kappa shape index (κ1) is 13.8. The fourth-order valence-corrected chi connectivity index (χ4v) is 3.77. The Morgan fingerprint density at radius 2 is 2.17 bits per heavy atom. The summed E-state index contributed by atoms with van der Waals surface area (Å²) in [5.74, 6) is 2.32. The van der Waals surface area contributed by atoms with Gasteiger partial charge in [-0.05, 0) is 36.6 Å². The van der Waals surface area contributed by atoms with Crippen molar-refractivity contribution >= 4 is 23.0 Å². The topological polar surface area (TPSA) is 53.9 Å². The van der Waals surface area contributed by atoms with E-state index in [0.717, 1.165) is 43.3 Å². The normalized spacial score (nSPS) is 17.5. The van der Waals surface area contributed by atoms with E-state index in [-0.39, 0.29) is 0 Å². The molecule has 0 aliphatic carbocycles. The lowest BCUT2D eigenvalue weighted by atomic mass is 10.1. The predicted molar refractivity (Wildman–Crippen MR) is 93.7 cm³/mol. The van der Waals surface area contributed by atoms with Gasteiger partial charge in [-0.25, -0.2) is 15.0 Å². The SMILES string of the molecule is CCCN1CCc2cc(N3CCOc4ncnc5c4C3=N5)ccc21. The number of anilines is 2. The van der Waals surface area contributed by atoms with Crippen LogP contribution in [0, 0.1) is 0 Å². The molecule has 122 valence electrons. The summed E-state index contributed by atoms with van der Waals surface area (Å²) in [6.45, 7) is 5.85. The quantitative estimate of drug-likeness (QED) is 0.869. The van der Waals surface area contributed by atoms with E-state index in [9.17, 15) is 0 Å². The molecule has 0 fully saturated rings. The minimum absolute atomic E-state index is 0.599. The third kappa shape index (κ3) is 1.92. The van der Waals surface area contributed by atoms with E-state index < -0.39 is 0 Å². The third-order valence-corrected chi connectivity index (χ3v) is 4.90. The lowest BCUT2D eigenvalue weighted by Gasteiger charge is -2.28. The number of ether oxygens (including phenoxy) is 1. The maximum atomic E-state index is 5.77. The second kappa shape index (κ2) is 5.19. The van der Waals surface area contributed by atoms with Crippen molar-refractivity contribution < 1.29 is 4.74 Å². The van der Waals surface area contributed by atoms with E-state index in [2.05, 4.69) is 49.9 Å². The number of benzene rings is 1. The number of amidine groups is 1. The average molecular weight is 321 g/mol. The van der Waals surface area contributed by atoms with Gasteiger partial charge in [0.05, 0.1) is 6.54 Å². The highest BCUT2D eigenvalue weighted by Gasteiger charge is 2.34. The van der Waals surface area contributed by atoms with E-state index in [0.29, 0.717) is 12.5 Å². The standard InChI is InChI=1S/C18H19N5O/c1-2-6-22-7-5-12-10-13(3-4-14(12)22)23-8-9-24-18-15-16(19-11-20-18)21-17(15)23/h3-4,10-11H,2,5-9H2,1H3. The number of aliphatic imine (C=N–C) groups is 1. The Morgan fingerprint density at radius 1 is 1.21 bits per heavy atom. The Labute approximate surface area is 140 Å². The van der Waals surface area contributed by atoms with Crippen LogP contribution in [0.4, 0.5) is 17.2 Å². The Morgan fingerprint density at radius 3 is 3.08 bits per heavy atom. The number of fused-ring (bicyclic) bond motifs is 1. The van der Waals surface area contributed by atoms with E-state index in [4.69, 9.17) is 4.74 Å². The maximum Gasteiger partial charge on any atom is 0.230 e. The molecule has 0 unspecified atom stereocenters. The minimum Gasteiger partial charge on any atom is -0.475 e. The monoisotopic (exact) mass is 321 g/mol. The van der Waals surface area contributed by atoms with E-state index in [1.807, 2.05) is 0 Å². The van der Waals surface area contributed by atoms with Crippen molar-refractivity contribution in [1.29, 1.82) is 0 Å². The van der Waals surface area contributed by atoms with Crippen molar-refractivity contribution in [2.24, 2.45) is 4.99 Å². The minimum atomic E-state index is 0.599. The first-order chi connectivity index (χ1) is 11.8. The van der Waals surface area contributed by atoms with Crippen molar-refractivity contribution in [3.63, 3.8) is 0 Å². The van der Waals surface area contributed by atoms with Crippen molar-refractivity contribution in [1.82, 2.24) is 9.97 Å². The highest BCUT2D eigenvalue weighted by molar-refractivity contribution is 6.20. The summed E-state index contributed by atoms with van der Waals surface area (Å²) >= 11 is 0. The molecule has 3 aliphatic heterocycles. The van der Waals surface area contributed by atoms with Gasteiger partial charge in [-0.1, -0.05) is 6.92 Å². The van der Waals surface area contributed by atoms with E-state index in [1.54, 1.807) is 0 Å². The summed E-state index contributed by atoms with van der Waals surface area (Å²) in [7, 11) is 0. The Hall–Kier alpha value is -2.63. The highest BCUT2D eigenvalue weighted by atomic mass is 16.5. The zero-order valence-corrected chi connectivity index (χ0v) is 13.7. The van der Waals surface area contributed by atoms with Gasteiger partial charge in [-0.15, -0.1) is 0 Å². The Bertz CT molecular complexity index is 847. The maximum absolute atomic E-state index is 5.77. The molecule has 6 nitrogen and oxygen atoms in total. The summed E-state index contributed by atoms with van der Waals surface area (Å²) in [6, 6.07) is 6.75. The van der Waals surface area contributed by atoms with Crippen LogP contribution in [-0.4, -0.2) is 42.0 Å². The lowest BCUT2D eigenvalue weighted by molar-refractivity contribution is 0.319. The number of aromatic nitrogens is 2. The molecule has 0 saturated carbocycles. The first-order valence-electron chi connectivity index (χ1n) is 8.57. The molecule has 0 N–H and O–H groups in total. The molecule has 0 bridgehead atoms. The summed E-state index contributed by atoms with van der Waals surface area (Å²) in [5.41, 5.74) is 4.93. The fourth-order valence-electron chi connectivity index (χ4n) is 3.77. The molecule has 2 aromatic rings. The number of hydrogen-bond acceptors (Lipinski definition) is 6. The molecule has 6 heteroatoms. The molecular formula is C18H19N5O. The van der Waals surface area contributed by atoms with Crippen LogP contribution >= 0.6 is 0 Å². The van der Waals surface area contributed by atoms with Crippen LogP contribution in [0.15, 0.2) is 29.5 Å². The molecule has 3 aliphatic rings. The molecule has 4 heterocycles. The van der Waals surface area contributed by atoms with Crippen LogP contribution < -0.4 is 14.5 Å². The molecule has 0 radical (unpaired) electrons. The van der Waals surface area contributed by atoms with Gasteiger partial charge in [0.1, 0.15) is 18.5 Å². The van der Waals surface area contributed by atoms with Gasteiger partial charge in [0.15, 0.2) is 11.7 Å². The molecule has 24 heavy (non-hydrogen) atoms. The van der Waals surface area contributed by atoms with Crippen LogP contribution in [0.2, 0.25) is 0 Å². The van der Waals surface area contributed by atoms with Crippen molar-refractivity contribution in [2.45, 2.75) is 19.8 Å². The molecule has 1 aromatic heterocycles. The molecular weight excluding hydrogens is 302 g/mol. The molecule has 0 spiro atoms. The third-order valence-electron chi connectivity index (χ3n) is 4.90. The van der Waals surface area contributed by atoms with E-state index >= 15 is 0 Å². The van der Waals surface area contributed by atoms with Gasteiger partial charge < -0.3 is 14.5 Å². The van der Waals surface area contributed by atoms with Crippen molar-refractivity contribution in [3.8, 4) is 5.88 Å². The number of rotatable bonds is 3. The summed E-state index contributed by atoms with van der Waals surface area (Å²) < 4.78 is 5.77. The van der Waals surface area contributed by atoms with E-state index in [1.165, 1.54) is 29.7 Å². The second-order valence-corrected chi connectivity index (χ2v) is 6.36. The molecule has 0 amide bonds. The Balaban J connectivity index is 1.50. The summed E-state index contributed by atoms with van der Waals surface area (Å²) in [6.07, 6.45) is 3.81. The predicted octanol–water partition coefficient (Wildman–Crippen LogP) is 2.54. The Kier molecular flexibility index (Phi) is 2.98. The average Bonchev–Trinajstić information content (AvgIpc) is 2.88. The zero-order chi connectivity index (χ0) is 16.1. The van der Waals surface area contributed by atoms with Crippen molar-refractivity contribution in [3.05, 3.63) is 35.7 Å². The van der Waals surface area contributed by atoms with Crippen LogP contribution in [-0.2, 0) is 6.42 Å². The van der Waals surface area contributed by atoms with Crippen LogP contribution in [0.25, 0.3) is 0 Å². The second-order valence-electron chi connectivity index (χ2n) is 6.36. The first-order valence-corrected chi connectivity index (χ1v) is 8.57. The van der Waals surface area contributed by atoms with Gasteiger partial charge in [-0.3, -0.25) is 0 Å². The highest BCUT2D eigenvalue weighted by Crippen LogP contribution is 2.39. The lowest BCUT2D eigenvalue weighted by Crippen LogP contribution is -2.35. The fraction of sp³-hybridized carbons (Fsp3) is 0.389. The molecule has 1 aromatic carbocycles. The van der Waals surface area contributed by atoms with Gasteiger partial charge in [0.25, 0.3) is 0 Å². The molecule has 5 rings (SSSR count). The van der Waals surface area contributed by atoms with Gasteiger partial charge in [0, 0.05) is 24.5 Å².